The molecule has 0 aliphatic carbocycles. The molecule has 1 unspecified atom stereocenters. The molecule has 0 saturated carbocycles. The van der Waals surface area contributed by atoms with Crippen molar-refractivity contribution in [2.45, 2.75) is 24.6 Å². The first-order valence-electron chi connectivity index (χ1n) is 6.18. The Morgan fingerprint density at radius 3 is 2.05 bits per heavy atom. The van der Waals surface area contributed by atoms with Gasteiger partial charge in [-0.3, -0.25) is 0 Å². The lowest BCUT2D eigenvalue weighted by atomic mass is 9.98. The van der Waals surface area contributed by atoms with Crippen LogP contribution in [0.4, 0.5) is 8.78 Å². The lowest BCUT2D eigenvalue weighted by molar-refractivity contribution is 0.500. The average molecular weight is 325 g/mol. The predicted octanol–water partition coefficient (Wildman–Crippen LogP) is 5.57. The van der Waals surface area contributed by atoms with Crippen LogP contribution in [-0.4, -0.2) is 0 Å². The molecule has 19 heavy (non-hydrogen) atoms. The van der Waals surface area contributed by atoms with Gasteiger partial charge in [0.2, 0.25) is 0 Å². The minimum absolute atomic E-state index is 0.317. The zero-order chi connectivity index (χ0) is 14.0. The van der Waals surface area contributed by atoms with Crippen LogP contribution in [0.1, 0.15) is 41.3 Å². The lowest BCUT2D eigenvalue weighted by Gasteiger charge is -2.13. The highest BCUT2D eigenvalue weighted by atomic mass is 79.9. The van der Waals surface area contributed by atoms with Gasteiger partial charge in [0.25, 0.3) is 0 Å². The van der Waals surface area contributed by atoms with E-state index in [1.54, 1.807) is 6.07 Å². The van der Waals surface area contributed by atoms with E-state index >= 15 is 0 Å². The van der Waals surface area contributed by atoms with E-state index in [0.29, 0.717) is 11.5 Å². The summed E-state index contributed by atoms with van der Waals surface area (Å²) in [5.41, 5.74) is 2.45. The smallest absolute Gasteiger partial charge is 0.163 e. The molecule has 0 N–H and O–H groups in total. The maximum absolute atomic E-state index is 13.7. The van der Waals surface area contributed by atoms with E-state index in [9.17, 15) is 8.78 Å². The summed E-state index contributed by atoms with van der Waals surface area (Å²) in [7, 11) is 0. The van der Waals surface area contributed by atoms with Crippen molar-refractivity contribution in [2.75, 3.05) is 0 Å². The van der Waals surface area contributed by atoms with Crippen LogP contribution in [0, 0.1) is 11.6 Å². The molecule has 0 amide bonds. The van der Waals surface area contributed by atoms with E-state index in [1.165, 1.54) is 11.6 Å². The quantitative estimate of drug-likeness (QED) is 0.647. The van der Waals surface area contributed by atoms with E-state index < -0.39 is 11.6 Å². The van der Waals surface area contributed by atoms with Crippen LogP contribution in [0.25, 0.3) is 0 Å². The van der Waals surface area contributed by atoms with Crippen molar-refractivity contribution in [1.29, 1.82) is 0 Å². The fourth-order valence-electron chi connectivity index (χ4n) is 1.95. The average Bonchev–Trinajstić information content (AvgIpc) is 2.41. The number of hydrogen-bond donors (Lipinski definition) is 0. The third kappa shape index (κ3) is 3.03. The maximum atomic E-state index is 13.7. The summed E-state index contributed by atoms with van der Waals surface area (Å²) in [4.78, 5) is -0.343. The molecule has 0 aliphatic rings. The molecular formula is C16H15BrF2. The highest BCUT2D eigenvalue weighted by Gasteiger charge is 2.17. The number of benzene rings is 2. The Morgan fingerprint density at radius 1 is 0.895 bits per heavy atom. The predicted molar refractivity (Wildman–Crippen MR) is 77.7 cm³/mol. The molecule has 0 aromatic heterocycles. The fraction of sp³-hybridized carbons (Fsp3) is 0.250. The van der Waals surface area contributed by atoms with Crippen molar-refractivity contribution in [2.24, 2.45) is 0 Å². The Hall–Kier alpha value is -1.22. The number of halogens is 3. The number of hydrogen-bond acceptors (Lipinski definition) is 0. The van der Waals surface area contributed by atoms with Gasteiger partial charge in [0.15, 0.2) is 11.6 Å². The molecule has 3 heteroatoms. The molecule has 0 heterocycles. The first-order chi connectivity index (χ1) is 9.00. The summed E-state index contributed by atoms with van der Waals surface area (Å²) in [6.07, 6.45) is 0. The molecule has 2 aromatic carbocycles. The minimum atomic E-state index is -0.819. The van der Waals surface area contributed by atoms with Gasteiger partial charge >= 0.3 is 0 Å². The van der Waals surface area contributed by atoms with Gasteiger partial charge in [-0.15, -0.1) is 0 Å². The van der Waals surface area contributed by atoms with Crippen molar-refractivity contribution < 1.29 is 8.78 Å². The van der Waals surface area contributed by atoms with Gasteiger partial charge in [-0.1, -0.05) is 66.2 Å². The Labute approximate surface area is 120 Å². The van der Waals surface area contributed by atoms with Gasteiger partial charge < -0.3 is 0 Å². The molecule has 0 radical (unpaired) electrons. The van der Waals surface area contributed by atoms with Gasteiger partial charge in [0.05, 0.1) is 4.83 Å². The first-order valence-corrected chi connectivity index (χ1v) is 7.10. The van der Waals surface area contributed by atoms with Crippen molar-refractivity contribution >= 4 is 15.9 Å². The van der Waals surface area contributed by atoms with Gasteiger partial charge in [-0.25, -0.2) is 8.78 Å². The molecule has 100 valence electrons. The normalized spacial score (nSPS) is 12.7. The van der Waals surface area contributed by atoms with Crippen LogP contribution in [0.15, 0.2) is 42.5 Å². The summed E-state index contributed by atoms with van der Waals surface area (Å²) in [5, 5.41) is 0. The van der Waals surface area contributed by atoms with E-state index in [2.05, 4.69) is 29.8 Å². The molecule has 2 aromatic rings. The van der Waals surface area contributed by atoms with Crippen LogP contribution in [0.2, 0.25) is 0 Å². The van der Waals surface area contributed by atoms with Crippen LogP contribution >= 0.6 is 15.9 Å². The van der Waals surface area contributed by atoms with E-state index in [0.717, 1.165) is 11.6 Å². The molecule has 1 atom stereocenters. The largest absolute Gasteiger partial charge is 0.204 e. The molecule has 0 saturated heterocycles. The number of rotatable bonds is 3. The Kier molecular flexibility index (Phi) is 4.35. The molecule has 0 fully saturated rings. The van der Waals surface area contributed by atoms with E-state index in [-0.39, 0.29) is 4.83 Å². The third-order valence-electron chi connectivity index (χ3n) is 3.15. The zero-order valence-corrected chi connectivity index (χ0v) is 12.4. The van der Waals surface area contributed by atoms with Gasteiger partial charge in [-0.2, -0.15) is 0 Å². The molecular weight excluding hydrogens is 310 g/mol. The maximum Gasteiger partial charge on any atom is 0.163 e. The van der Waals surface area contributed by atoms with Crippen molar-refractivity contribution in [3.05, 3.63) is 70.8 Å². The molecule has 0 aliphatic heterocycles. The van der Waals surface area contributed by atoms with Crippen LogP contribution in [0.3, 0.4) is 0 Å². The second-order valence-corrected chi connectivity index (χ2v) is 5.74. The Morgan fingerprint density at radius 2 is 1.47 bits per heavy atom. The zero-order valence-electron chi connectivity index (χ0n) is 10.8. The van der Waals surface area contributed by atoms with Crippen molar-refractivity contribution in [1.82, 2.24) is 0 Å². The molecule has 0 spiro atoms. The second-order valence-electron chi connectivity index (χ2n) is 4.83. The fourth-order valence-corrected chi connectivity index (χ4v) is 2.60. The molecule has 0 bridgehead atoms. The van der Waals surface area contributed by atoms with Crippen LogP contribution in [0.5, 0.6) is 0 Å². The van der Waals surface area contributed by atoms with Crippen LogP contribution in [-0.2, 0) is 0 Å². The van der Waals surface area contributed by atoms with E-state index in [1.807, 2.05) is 24.3 Å². The summed E-state index contributed by atoms with van der Waals surface area (Å²) in [6.45, 7) is 4.24. The summed E-state index contributed by atoms with van der Waals surface area (Å²) >= 11 is 3.43. The Balaban J connectivity index is 2.33. The topological polar surface area (TPSA) is 0 Å². The van der Waals surface area contributed by atoms with Crippen LogP contribution < -0.4 is 0 Å². The first kappa shape index (κ1) is 14.2. The Bertz CT molecular complexity index is 561. The van der Waals surface area contributed by atoms with Gasteiger partial charge in [0.1, 0.15) is 0 Å². The lowest BCUT2D eigenvalue weighted by Crippen LogP contribution is -1.99. The molecule has 2 rings (SSSR count). The summed E-state index contributed by atoms with van der Waals surface area (Å²) in [6, 6.07) is 12.2. The van der Waals surface area contributed by atoms with Gasteiger partial charge in [-0.05, 0) is 23.1 Å². The monoisotopic (exact) mass is 324 g/mol. The summed E-state index contributed by atoms with van der Waals surface area (Å²) in [5.74, 6) is -1.16. The summed E-state index contributed by atoms with van der Waals surface area (Å²) < 4.78 is 27.0. The number of alkyl halides is 1. The van der Waals surface area contributed by atoms with Crippen molar-refractivity contribution in [3.8, 4) is 0 Å². The highest BCUT2D eigenvalue weighted by Crippen LogP contribution is 2.33. The standard InChI is InChI=1S/C16H15BrF2/c1-10(2)11-6-8-12(9-7-11)15(17)13-4-3-5-14(18)16(13)19/h3-10,15H,1-2H3. The van der Waals surface area contributed by atoms with Gasteiger partial charge in [0, 0.05) is 5.56 Å². The highest BCUT2D eigenvalue weighted by molar-refractivity contribution is 9.09. The molecule has 0 nitrogen and oxygen atoms in total. The minimum Gasteiger partial charge on any atom is -0.204 e. The van der Waals surface area contributed by atoms with E-state index in [4.69, 9.17) is 0 Å². The second kappa shape index (κ2) is 5.83. The van der Waals surface area contributed by atoms with Crippen molar-refractivity contribution in [3.63, 3.8) is 0 Å². The third-order valence-corrected chi connectivity index (χ3v) is 4.17. The SMILES string of the molecule is CC(C)c1ccc(C(Br)c2cccc(F)c2F)cc1.